The second-order valence-electron chi connectivity index (χ2n) is 1.71. The number of aliphatic imine (C=N–C) groups is 2. The third-order valence-electron chi connectivity index (χ3n) is 1.16. The van der Waals surface area contributed by atoms with Crippen molar-refractivity contribution in [3.63, 3.8) is 0 Å². The summed E-state index contributed by atoms with van der Waals surface area (Å²) in [5, 5.41) is 0. The fourth-order valence-electron chi connectivity index (χ4n) is 0.440. The first-order chi connectivity index (χ1) is 3.30. The highest BCUT2D eigenvalue weighted by Gasteiger charge is 2.04. The molecule has 0 N–H and O–H groups in total. The third kappa shape index (κ3) is 0.683. The maximum Gasteiger partial charge on any atom is 0.110 e. The summed E-state index contributed by atoms with van der Waals surface area (Å²) in [6, 6.07) is 0.333. The van der Waals surface area contributed by atoms with Gasteiger partial charge in [-0.05, 0) is 13.8 Å². The SMILES string of the molecule is CC1=NC=N[C@@H]1C. The molecule has 0 unspecified atom stereocenters. The van der Waals surface area contributed by atoms with Crippen molar-refractivity contribution < 1.29 is 0 Å². The third-order valence-corrected chi connectivity index (χ3v) is 1.16. The molecule has 0 amide bonds. The highest BCUT2D eigenvalue weighted by Crippen LogP contribution is 1.97. The van der Waals surface area contributed by atoms with Crippen LogP contribution in [0.15, 0.2) is 9.98 Å². The molecule has 0 radical (unpaired) electrons. The summed E-state index contributed by atoms with van der Waals surface area (Å²) < 4.78 is 0. The minimum atomic E-state index is 0.333. The smallest absolute Gasteiger partial charge is 0.110 e. The van der Waals surface area contributed by atoms with E-state index >= 15 is 0 Å². The van der Waals surface area contributed by atoms with Crippen molar-refractivity contribution >= 4 is 12.1 Å². The molecule has 0 aromatic rings. The largest absolute Gasteiger partial charge is 0.264 e. The van der Waals surface area contributed by atoms with Crippen LogP contribution in [-0.2, 0) is 0 Å². The number of hydrogen-bond donors (Lipinski definition) is 0. The van der Waals surface area contributed by atoms with Gasteiger partial charge in [0.25, 0.3) is 0 Å². The van der Waals surface area contributed by atoms with Crippen molar-refractivity contribution in [2.75, 3.05) is 0 Å². The molecule has 0 saturated carbocycles. The normalized spacial score (nSPS) is 28.3. The Bertz CT molecular complexity index is 124. The Morgan fingerprint density at radius 1 is 1.71 bits per heavy atom. The molecule has 1 aliphatic rings. The van der Waals surface area contributed by atoms with Crippen molar-refractivity contribution in [2.45, 2.75) is 19.9 Å². The monoisotopic (exact) mass is 96.1 g/mol. The molecule has 7 heavy (non-hydrogen) atoms. The second kappa shape index (κ2) is 1.45. The molecule has 0 saturated heterocycles. The van der Waals surface area contributed by atoms with Crippen LogP contribution in [0.5, 0.6) is 0 Å². The zero-order chi connectivity index (χ0) is 5.28. The van der Waals surface area contributed by atoms with Gasteiger partial charge in [-0.2, -0.15) is 0 Å². The lowest BCUT2D eigenvalue weighted by molar-refractivity contribution is 0.998. The Hall–Kier alpha value is -0.660. The van der Waals surface area contributed by atoms with Crippen molar-refractivity contribution in [3.05, 3.63) is 0 Å². The van der Waals surface area contributed by atoms with Gasteiger partial charge in [0.2, 0.25) is 0 Å². The van der Waals surface area contributed by atoms with E-state index in [4.69, 9.17) is 0 Å². The number of rotatable bonds is 0. The van der Waals surface area contributed by atoms with Crippen LogP contribution in [0.1, 0.15) is 13.8 Å². The minimum Gasteiger partial charge on any atom is -0.264 e. The van der Waals surface area contributed by atoms with Gasteiger partial charge in [0.1, 0.15) is 6.34 Å². The fraction of sp³-hybridized carbons (Fsp3) is 0.600. The molecule has 0 fully saturated rings. The van der Waals surface area contributed by atoms with E-state index in [0.29, 0.717) is 6.04 Å². The van der Waals surface area contributed by atoms with Crippen LogP contribution in [0.4, 0.5) is 0 Å². The molecule has 2 heteroatoms. The number of hydrogen-bond acceptors (Lipinski definition) is 2. The molecule has 2 nitrogen and oxygen atoms in total. The summed E-state index contributed by atoms with van der Waals surface area (Å²) in [5.41, 5.74) is 1.11. The van der Waals surface area contributed by atoms with Gasteiger partial charge < -0.3 is 0 Å². The van der Waals surface area contributed by atoms with Crippen molar-refractivity contribution in [2.24, 2.45) is 9.98 Å². The Labute approximate surface area is 43.0 Å². The summed E-state index contributed by atoms with van der Waals surface area (Å²) >= 11 is 0. The summed E-state index contributed by atoms with van der Waals surface area (Å²) in [7, 11) is 0. The van der Waals surface area contributed by atoms with Crippen LogP contribution in [0.25, 0.3) is 0 Å². The zero-order valence-corrected chi connectivity index (χ0v) is 4.55. The van der Waals surface area contributed by atoms with E-state index in [9.17, 15) is 0 Å². The molecule has 1 aliphatic heterocycles. The van der Waals surface area contributed by atoms with E-state index in [1.807, 2.05) is 13.8 Å². The molecule has 38 valence electrons. The molecule has 0 spiro atoms. The maximum absolute atomic E-state index is 3.99. The summed E-state index contributed by atoms with van der Waals surface area (Å²) in [6.07, 6.45) is 1.61. The molecule has 1 rings (SSSR count). The highest BCUT2D eigenvalue weighted by atomic mass is 15.0. The van der Waals surface area contributed by atoms with Gasteiger partial charge in [0, 0.05) is 5.71 Å². The standard InChI is InChI=1S/C5H8N2/c1-4-5(2)7-3-6-4/h3-4H,1-2H3/t4-/m1/s1. The molecular weight excluding hydrogens is 88.1 g/mol. The van der Waals surface area contributed by atoms with Gasteiger partial charge in [-0.25, -0.2) is 4.99 Å². The van der Waals surface area contributed by atoms with Crippen LogP contribution in [0.2, 0.25) is 0 Å². The van der Waals surface area contributed by atoms with Gasteiger partial charge in [-0.1, -0.05) is 0 Å². The molecule has 1 atom stereocenters. The molecular formula is C5H8N2. The van der Waals surface area contributed by atoms with Crippen LogP contribution >= 0.6 is 0 Å². The van der Waals surface area contributed by atoms with E-state index in [0.717, 1.165) is 5.71 Å². The summed E-state index contributed by atoms with van der Waals surface area (Å²) in [6.45, 7) is 4.01. The van der Waals surface area contributed by atoms with Gasteiger partial charge in [-0.15, -0.1) is 0 Å². The predicted octanol–water partition coefficient (Wildman–Crippen LogP) is 0.878. The van der Waals surface area contributed by atoms with E-state index < -0.39 is 0 Å². The molecule has 1 heterocycles. The predicted molar refractivity (Wildman–Crippen MR) is 31.1 cm³/mol. The lowest BCUT2D eigenvalue weighted by atomic mass is 10.2. The van der Waals surface area contributed by atoms with Crippen LogP contribution in [0, 0.1) is 0 Å². The topological polar surface area (TPSA) is 24.7 Å². The van der Waals surface area contributed by atoms with Crippen LogP contribution in [0.3, 0.4) is 0 Å². The van der Waals surface area contributed by atoms with E-state index in [1.54, 1.807) is 6.34 Å². The number of nitrogens with zero attached hydrogens (tertiary/aromatic N) is 2. The highest BCUT2D eigenvalue weighted by molar-refractivity contribution is 5.96. The Morgan fingerprint density at radius 3 is 2.57 bits per heavy atom. The van der Waals surface area contributed by atoms with Crippen molar-refractivity contribution in [1.82, 2.24) is 0 Å². The van der Waals surface area contributed by atoms with Crippen molar-refractivity contribution in [3.8, 4) is 0 Å². The Balaban J connectivity index is 2.69. The second-order valence-corrected chi connectivity index (χ2v) is 1.71. The maximum atomic E-state index is 3.99. The first kappa shape index (κ1) is 4.50. The van der Waals surface area contributed by atoms with Gasteiger partial charge in [0.15, 0.2) is 0 Å². The van der Waals surface area contributed by atoms with Crippen molar-refractivity contribution in [1.29, 1.82) is 0 Å². The van der Waals surface area contributed by atoms with Crippen LogP contribution < -0.4 is 0 Å². The molecule has 0 aromatic heterocycles. The average Bonchev–Trinajstić information content (AvgIpc) is 1.91. The van der Waals surface area contributed by atoms with E-state index in [-0.39, 0.29) is 0 Å². The zero-order valence-electron chi connectivity index (χ0n) is 4.55. The first-order valence-corrected chi connectivity index (χ1v) is 2.36. The van der Waals surface area contributed by atoms with Crippen LogP contribution in [-0.4, -0.2) is 18.1 Å². The lowest BCUT2D eigenvalue weighted by Gasteiger charge is -1.92. The molecule has 0 aliphatic carbocycles. The quantitative estimate of drug-likeness (QED) is 0.427. The summed E-state index contributed by atoms with van der Waals surface area (Å²) in [5.74, 6) is 0. The van der Waals surface area contributed by atoms with Gasteiger partial charge in [-0.3, -0.25) is 4.99 Å². The Morgan fingerprint density at radius 2 is 2.43 bits per heavy atom. The van der Waals surface area contributed by atoms with Gasteiger partial charge >= 0.3 is 0 Å². The fourth-order valence-corrected chi connectivity index (χ4v) is 0.440. The first-order valence-electron chi connectivity index (χ1n) is 2.36. The summed E-state index contributed by atoms with van der Waals surface area (Å²) in [4.78, 5) is 7.93. The van der Waals surface area contributed by atoms with Gasteiger partial charge in [0.05, 0.1) is 6.04 Å². The lowest BCUT2D eigenvalue weighted by Crippen LogP contribution is -2.04. The molecule has 0 bridgehead atoms. The molecule has 0 aromatic carbocycles. The van der Waals surface area contributed by atoms with E-state index in [2.05, 4.69) is 9.98 Å². The Kier molecular flexibility index (Phi) is 0.929. The average molecular weight is 96.1 g/mol. The minimum absolute atomic E-state index is 0.333. The van der Waals surface area contributed by atoms with E-state index in [1.165, 1.54) is 0 Å².